The molecule has 1 aliphatic heterocycles. The molecule has 0 amide bonds. The Morgan fingerprint density at radius 2 is 2.12 bits per heavy atom. The maximum Gasteiger partial charge on any atom is 0.157 e. The predicted octanol–water partition coefficient (Wildman–Crippen LogP) is 3.43. The Morgan fingerprint density at radius 1 is 1.38 bits per heavy atom. The number of aliphatic imine (C=N–C) groups is 1. The summed E-state index contributed by atoms with van der Waals surface area (Å²) in [5.74, 6) is 2.12. The van der Waals surface area contributed by atoms with Gasteiger partial charge in [-0.3, -0.25) is 4.99 Å². The summed E-state index contributed by atoms with van der Waals surface area (Å²) in [6, 6.07) is 1.18. The third-order valence-corrected chi connectivity index (χ3v) is 4.86. The second-order valence-electron chi connectivity index (χ2n) is 5.11. The van der Waals surface area contributed by atoms with Crippen LogP contribution in [0.3, 0.4) is 0 Å². The number of thioether (sulfide) groups is 1. The zero-order valence-electron chi connectivity index (χ0n) is 10.5. The van der Waals surface area contributed by atoms with E-state index in [1.54, 1.807) is 0 Å². The normalized spacial score (nSPS) is 28.9. The van der Waals surface area contributed by atoms with Crippen LogP contribution in [-0.4, -0.2) is 23.0 Å². The summed E-state index contributed by atoms with van der Waals surface area (Å²) in [6.07, 6.45) is 8.10. The first-order valence-electron chi connectivity index (χ1n) is 6.76. The van der Waals surface area contributed by atoms with E-state index in [1.165, 1.54) is 49.4 Å². The van der Waals surface area contributed by atoms with Gasteiger partial charge >= 0.3 is 0 Å². The molecule has 0 spiro atoms. The Kier molecular flexibility index (Phi) is 4.56. The van der Waals surface area contributed by atoms with Gasteiger partial charge in [0, 0.05) is 11.8 Å². The molecule has 2 aliphatic rings. The summed E-state index contributed by atoms with van der Waals surface area (Å²) < 4.78 is 0. The van der Waals surface area contributed by atoms with Crippen LogP contribution in [0.5, 0.6) is 0 Å². The molecule has 2 rings (SSSR count). The molecular weight excluding hydrogens is 216 g/mol. The highest BCUT2D eigenvalue weighted by molar-refractivity contribution is 8.13. The summed E-state index contributed by atoms with van der Waals surface area (Å²) in [4.78, 5) is 4.78. The smallest absolute Gasteiger partial charge is 0.157 e. The van der Waals surface area contributed by atoms with Crippen molar-refractivity contribution in [3.63, 3.8) is 0 Å². The van der Waals surface area contributed by atoms with E-state index in [2.05, 4.69) is 19.2 Å². The van der Waals surface area contributed by atoms with E-state index >= 15 is 0 Å². The minimum Gasteiger partial charge on any atom is -0.362 e. The lowest BCUT2D eigenvalue weighted by atomic mass is 10.0. The standard InChI is InChI=1S/C13H24N2S/c1-3-12-8-9-16-13(15-12)14-10(2)11-6-4-5-7-11/h10-12H,3-9H2,1-2H3,(H,14,15). The molecule has 0 radical (unpaired) electrons. The van der Waals surface area contributed by atoms with Crippen LogP contribution < -0.4 is 5.32 Å². The number of rotatable bonds is 3. The van der Waals surface area contributed by atoms with Gasteiger partial charge in [0.2, 0.25) is 0 Å². The molecule has 1 heterocycles. The Morgan fingerprint density at radius 3 is 2.81 bits per heavy atom. The van der Waals surface area contributed by atoms with Gasteiger partial charge in [-0.05, 0) is 38.5 Å². The lowest BCUT2D eigenvalue weighted by Crippen LogP contribution is -2.37. The van der Waals surface area contributed by atoms with Gasteiger partial charge in [0.15, 0.2) is 5.17 Å². The molecule has 1 fully saturated rings. The molecule has 1 aliphatic carbocycles. The Hall–Kier alpha value is -0.180. The molecule has 3 heteroatoms. The lowest BCUT2D eigenvalue weighted by Gasteiger charge is -2.25. The van der Waals surface area contributed by atoms with Crippen molar-refractivity contribution in [2.75, 3.05) is 5.75 Å². The van der Waals surface area contributed by atoms with Crippen LogP contribution in [0.4, 0.5) is 0 Å². The topological polar surface area (TPSA) is 24.4 Å². The molecule has 16 heavy (non-hydrogen) atoms. The van der Waals surface area contributed by atoms with Crippen LogP contribution in [0.15, 0.2) is 4.99 Å². The summed E-state index contributed by atoms with van der Waals surface area (Å²) in [7, 11) is 0. The summed E-state index contributed by atoms with van der Waals surface area (Å²) >= 11 is 1.91. The van der Waals surface area contributed by atoms with Crippen molar-refractivity contribution in [3.8, 4) is 0 Å². The van der Waals surface area contributed by atoms with Gasteiger partial charge in [-0.15, -0.1) is 0 Å². The molecule has 92 valence electrons. The highest BCUT2D eigenvalue weighted by Crippen LogP contribution is 2.28. The lowest BCUT2D eigenvalue weighted by molar-refractivity contribution is 0.426. The number of amidine groups is 1. The first kappa shape index (κ1) is 12.3. The van der Waals surface area contributed by atoms with Gasteiger partial charge in [0.05, 0.1) is 6.04 Å². The monoisotopic (exact) mass is 240 g/mol. The largest absolute Gasteiger partial charge is 0.362 e. The van der Waals surface area contributed by atoms with E-state index in [0.29, 0.717) is 12.1 Å². The van der Waals surface area contributed by atoms with E-state index in [1.807, 2.05) is 11.8 Å². The van der Waals surface area contributed by atoms with Crippen molar-refractivity contribution in [1.82, 2.24) is 5.32 Å². The van der Waals surface area contributed by atoms with E-state index in [0.717, 1.165) is 5.92 Å². The zero-order valence-corrected chi connectivity index (χ0v) is 11.4. The van der Waals surface area contributed by atoms with E-state index < -0.39 is 0 Å². The minimum absolute atomic E-state index is 0.569. The summed E-state index contributed by atoms with van der Waals surface area (Å²) in [6.45, 7) is 4.57. The SMILES string of the molecule is CCC1CCSC(NC(C)C2CCCC2)=N1. The van der Waals surface area contributed by atoms with Gasteiger partial charge in [-0.1, -0.05) is 31.5 Å². The fraction of sp³-hybridized carbons (Fsp3) is 0.923. The zero-order chi connectivity index (χ0) is 11.4. The average molecular weight is 240 g/mol. The van der Waals surface area contributed by atoms with Crippen molar-refractivity contribution in [2.24, 2.45) is 10.9 Å². The molecule has 0 aromatic rings. The molecule has 2 nitrogen and oxygen atoms in total. The number of nitrogens with zero attached hydrogens (tertiary/aromatic N) is 1. The van der Waals surface area contributed by atoms with Crippen molar-refractivity contribution in [2.45, 2.75) is 64.5 Å². The van der Waals surface area contributed by atoms with Crippen LogP contribution in [0.1, 0.15) is 52.4 Å². The Balaban J connectivity index is 1.85. The van der Waals surface area contributed by atoms with Crippen LogP contribution in [0, 0.1) is 5.92 Å². The molecule has 1 saturated carbocycles. The molecular formula is C13H24N2S. The van der Waals surface area contributed by atoms with Gasteiger partial charge in [0.25, 0.3) is 0 Å². The number of nitrogens with one attached hydrogen (secondary N) is 1. The fourth-order valence-electron chi connectivity index (χ4n) is 2.70. The van der Waals surface area contributed by atoms with Crippen molar-refractivity contribution >= 4 is 16.9 Å². The highest BCUT2D eigenvalue weighted by Gasteiger charge is 2.23. The first-order chi connectivity index (χ1) is 7.79. The number of hydrogen-bond acceptors (Lipinski definition) is 3. The minimum atomic E-state index is 0.569. The second-order valence-corrected chi connectivity index (χ2v) is 6.19. The third kappa shape index (κ3) is 3.16. The highest BCUT2D eigenvalue weighted by atomic mass is 32.2. The molecule has 2 unspecified atom stereocenters. The van der Waals surface area contributed by atoms with E-state index in [-0.39, 0.29) is 0 Å². The molecule has 0 aromatic heterocycles. The van der Waals surface area contributed by atoms with E-state index in [4.69, 9.17) is 4.99 Å². The Labute approximate surface area is 104 Å². The van der Waals surface area contributed by atoms with E-state index in [9.17, 15) is 0 Å². The van der Waals surface area contributed by atoms with Gasteiger partial charge in [-0.25, -0.2) is 0 Å². The Bertz CT molecular complexity index is 246. The van der Waals surface area contributed by atoms with Crippen LogP contribution in [-0.2, 0) is 0 Å². The van der Waals surface area contributed by atoms with Gasteiger partial charge in [0.1, 0.15) is 0 Å². The quantitative estimate of drug-likeness (QED) is 0.817. The molecule has 0 saturated heterocycles. The van der Waals surface area contributed by atoms with Crippen LogP contribution in [0.25, 0.3) is 0 Å². The fourth-order valence-corrected chi connectivity index (χ4v) is 3.78. The van der Waals surface area contributed by atoms with Crippen molar-refractivity contribution in [1.29, 1.82) is 0 Å². The molecule has 0 bridgehead atoms. The third-order valence-electron chi connectivity index (χ3n) is 3.92. The summed E-state index contributed by atoms with van der Waals surface area (Å²) in [5, 5.41) is 4.84. The molecule has 1 N–H and O–H groups in total. The van der Waals surface area contributed by atoms with Crippen molar-refractivity contribution < 1.29 is 0 Å². The van der Waals surface area contributed by atoms with Crippen LogP contribution >= 0.6 is 11.8 Å². The average Bonchev–Trinajstić information content (AvgIpc) is 2.83. The second kappa shape index (κ2) is 5.95. The first-order valence-corrected chi connectivity index (χ1v) is 7.75. The molecule has 2 atom stereocenters. The van der Waals surface area contributed by atoms with Gasteiger partial charge in [-0.2, -0.15) is 0 Å². The summed E-state index contributed by atoms with van der Waals surface area (Å²) in [5.41, 5.74) is 0. The van der Waals surface area contributed by atoms with Crippen molar-refractivity contribution in [3.05, 3.63) is 0 Å². The predicted molar refractivity (Wildman–Crippen MR) is 73.1 cm³/mol. The molecule has 0 aromatic carbocycles. The number of hydrogen-bond donors (Lipinski definition) is 1. The maximum absolute atomic E-state index is 4.78. The maximum atomic E-state index is 4.78. The van der Waals surface area contributed by atoms with Crippen LogP contribution in [0.2, 0.25) is 0 Å². The van der Waals surface area contributed by atoms with Gasteiger partial charge < -0.3 is 5.32 Å².